The molecule has 2 unspecified atom stereocenters. The second kappa shape index (κ2) is 3.78. The molecule has 0 saturated carbocycles. The monoisotopic (exact) mass is 169 g/mol. The fraction of sp³-hybridized carbons (Fsp3) is 1.00. The quantitative estimate of drug-likeness (QED) is 0.670. The minimum atomic E-state index is 0.509. The summed E-state index contributed by atoms with van der Waals surface area (Å²) in [5.74, 6) is 0.926. The van der Waals surface area contributed by atoms with E-state index in [9.17, 15) is 0 Å². The van der Waals surface area contributed by atoms with E-state index >= 15 is 0 Å². The zero-order valence-corrected chi connectivity index (χ0v) is 8.98. The summed E-state index contributed by atoms with van der Waals surface area (Å²) in [6, 6.07) is 0.803. The van der Waals surface area contributed by atoms with Crippen molar-refractivity contribution in [2.24, 2.45) is 11.3 Å². The SMILES string of the molecule is CCC1CC(CC(C)(C)C)CN1. The zero-order valence-electron chi connectivity index (χ0n) is 8.98. The molecule has 12 heavy (non-hydrogen) atoms. The molecule has 0 aromatic rings. The molecule has 0 radical (unpaired) electrons. The van der Waals surface area contributed by atoms with Crippen LogP contribution in [0.1, 0.15) is 47.0 Å². The Kier molecular flexibility index (Phi) is 3.16. The number of hydrogen-bond acceptors (Lipinski definition) is 1. The van der Waals surface area contributed by atoms with Crippen molar-refractivity contribution in [1.82, 2.24) is 5.32 Å². The van der Waals surface area contributed by atoms with Crippen molar-refractivity contribution in [3.8, 4) is 0 Å². The Morgan fingerprint density at radius 3 is 2.42 bits per heavy atom. The molecule has 1 heteroatoms. The summed E-state index contributed by atoms with van der Waals surface area (Å²) in [6.45, 7) is 10.5. The lowest BCUT2D eigenvalue weighted by Gasteiger charge is -2.22. The van der Waals surface area contributed by atoms with E-state index in [0.29, 0.717) is 5.41 Å². The van der Waals surface area contributed by atoms with Crippen LogP contribution in [0.3, 0.4) is 0 Å². The summed E-state index contributed by atoms with van der Waals surface area (Å²) in [6.07, 6.45) is 4.06. The van der Waals surface area contributed by atoms with Crippen LogP contribution in [-0.4, -0.2) is 12.6 Å². The first-order valence-electron chi connectivity index (χ1n) is 5.24. The smallest absolute Gasteiger partial charge is 0.00676 e. The third-order valence-electron chi connectivity index (χ3n) is 2.71. The van der Waals surface area contributed by atoms with Crippen molar-refractivity contribution in [3.63, 3.8) is 0 Å². The molecule has 1 saturated heterocycles. The lowest BCUT2D eigenvalue weighted by molar-refractivity contribution is 0.303. The van der Waals surface area contributed by atoms with Gasteiger partial charge in [-0.3, -0.25) is 0 Å². The highest BCUT2D eigenvalue weighted by Crippen LogP contribution is 2.29. The molecule has 0 amide bonds. The molecule has 0 aliphatic carbocycles. The van der Waals surface area contributed by atoms with Gasteiger partial charge in [0.25, 0.3) is 0 Å². The van der Waals surface area contributed by atoms with E-state index in [0.717, 1.165) is 12.0 Å². The Hall–Kier alpha value is -0.0400. The van der Waals surface area contributed by atoms with Crippen LogP contribution >= 0.6 is 0 Å². The molecule has 72 valence electrons. The van der Waals surface area contributed by atoms with Crippen molar-refractivity contribution in [3.05, 3.63) is 0 Å². The lowest BCUT2D eigenvalue weighted by atomic mass is 9.83. The molecule has 0 aromatic heterocycles. The van der Waals surface area contributed by atoms with E-state index in [-0.39, 0.29) is 0 Å². The van der Waals surface area contributed by atoms with Gasteiger partial charge in [0.2, 0.25) is 0 Å². The van der Waals surface area contributed by atoms with Crippen molar-refractivity contribution in [2.45, 2.75) is 53.0 Å². The van der Waals surface area contributed by atoms with Gasteiger partial charge in [0, 0.05) is 6.04 Å². The molecule has 1 aliphatic rings. The van der Waals surface area contributed by atoms with Gasteiger partial charge >= 0.3 is 0 Å². The van der Waals surface area contributed by atoms with E-state index < -0.39 is 0 Å². The van der Waals surface area contributed by atoms with Gasteiger partial charge < -0.3 is 5.32 Å². The second-order valence-corrected chi connectivity index (χ2v) is 5.38. The van der Waals surface area contributed by atoms with E-state index in [4.69, 9.17) is 0 Å². The van der Waals surface area contributed by atoms with Crippen LogP contribution in [0.25, 0.3) is 0 Å². The summed E-state index contributed by atoms with van der Waals surface area (Å²) in [4.78, 5) is 0. The minimum Gasteiger partial charge on any atom is -0.314 e. The van der Waals surface area contributed by atoms with Gasteiger partial charge in [0.1, 0.15) is 0 Å². The fourth-order valence-corrected chi connectivity index (χ4v) is 2.23. The van der Waals surface area contributed by atoms with Gasteiger partial charge in [-0.25, -0.2) is 0 Å². The molecular formula is C11H23N. The maximum Gasteiger partial charge on any atom is 0.00676 e. The summed E-state index contributed by atoms with van der Waals surface area (Å²) in [5, 5.41) is 3.58. The molecule has 1 heterocycles. The van der Waals surface area contributed by atoms with E-state index in [1.54, 1.807) is 0 Å². The highest BCUT2D eigenvalue weighted by atomic mass is 14.9. The molecule has 0 bridgehead atoms. The summed E-state index contributed by atoms with van der Waals surface area (Å²) in [7, 11) is 0. The topological polar surface area (TPSA) is 12.0 Å². The maximum absolute atomic E-state index is 3.58. The molecule has 0 aromatic carbocycles. The van der Waals surface area contributed by atoms with Gasteiger partial charge in [0.05, 0.1) is 0 Å². The van der Waals surface area contributed by atoms with Crippen molar-refractivity contribution in [2.75, 3.05) is 6.54 Å². The van der Waals surface area contributed by atoms with E-state index in [1.807, 2.05) is 0 Å². The predicted molar refractivity (Wildman–Crippen MR) is 54.3 cm³/mol. The number of nitrogens with one attached hydrogen (secondary N) is 1. The zero-order chi connectivity index (χ0) is 9.19. The van der Waals surface area contributed by atoms with E-state index in [1.165, 1.54) is 25.8 Å². The van der Waals surface area contributed by atoms with Gasteiger partial charge in [-0.2, -0.15) is 0 Å². The Morgan fingerprint density at radius 2 is 2.00 bits per heavy atom. The molecule has 0 spiro atoms. The number of rotatable bonds is 2. The molecule has 1 nitrogen and oxygen atoms in total. The molecule has 1 N–H and O–H groups in total. The third kappa shape index (κ3) is 3.14. The maximum atomic E-state index is 3.58. The van der Waals surface area contributed by atoms with Crippen LogP contribution in [-0.2, 0) is 0 Å². The molecule has 2 atom stereocenters. The minimum absolute atomic E-state index is 0.509. The Bertz CT molecular complexity index is 134. The van der Waals surface area contributed by atoms with Crippen molar-refractivity contribution in [1.29, 1.82) is 0 Å². The van der Waals surface area contributed by atoms with Gasteiger partial charge in [-0.15, -0.1) is 0 Å². The summed E-state index contributed by atoms with van der Waals surface area (Å²) in [5.41, 5.74) is 0.509. The molecule has 1 aliphatic heterocycles. The predicted octanol–water partition coefficient (Wildman–Crippen LogP) is 2.81. The van der Waals surface area contributed by atoms with Crippen LogP contribution in [0.4, 0.5) is 0 Å². The first-order chi connectivity index (χ1) is 5.51. The first kappa shape index (κ1) is 10.0. The highest BCUT2D eigenvalue weighted by Gasteiger charge is 2.26. The van der Waals surface area contributed by atoms with Crippen LogP contribution < -0.4 is 5.32 Å². The average molecular weight is 169 g/mol. The molecular weight excluding hydrogens is 146 g/mol. The average Bonchev–Trinajstić information content (AvgIpc) is 2.32. The Labute approximate surface area is 76.9 Å². The Balaban J connectivity index is 2.28. The highest BCUT2D eigenvalue weighted by molar-refractivity contribution is 4.83. The number of hydrogen-bond donors (Lipinski definition) is 1. The van der Waals surface area contributed by atoms with Crippen LogP contribution in [0.2, 0.25) is 0 Å². The normalized spacial score (nSPS) is 31.0. The fourth-order valence-electron chi connectivity index (χ4n) is 2.23. The van der Waals surface area contributed by atoms with Crippen molar-refractivity contribution >= 4 is 0 Å². The Morgan fingerprint density at radius 1 is 1.33 bits per heavy atom. The van der Waals surface area contributed by atoms with Gasteiger partial charge in [-0.1, -0.05) is 27.7 Å². The first-order valence-corrected chi connectivity index (χ1v) is 5.24. The van der Waals surface area contributed by atoms with Gasteiger partial charge in [-0.05, 0) is 37.1 Å². The largest absolute Gasteiger partial charge is 0.314 e. The second-order valence-electron chi connectivity index (χ2n) is 5.38. The van der Waals surface area contributed by atoms with Crippen LogP contribution in [0, 0.1) is 11.3 Å². The van der Waals surface area contributed by atoms with Crippen molar-refractivity contribution < 1.29 is 0 Å². The summed E-state index contributed by atoms with van der Waals surface area (Å²) < 4.78 is 0. The third-order valence-corrected chi connectivity index (χ3v) is 2.71. The van der Waals surface area contributed by atoms with Crippen LogP contribution in [0.15, 0.2) is 0 Å². The standard InChI is InChI=1S/C11H23N/c1-5-10-6-9(8-12-10)7-11(2,3)4/h9-10,12H,5-8H2,1-4H3. The summed E-state index contributed by atoms with van der Waals surface area (Å²) >= 11 is 0. The van der Waals surface area contributed by atoms with E-state index in [2.05, 4.69) is 33.0 Å². The van der Waals surface area contributed by atoms with Crippen LogP contribution in [0.5, 0.6) is 0 Å². The molecule has 1 rings (SSSR count). The molecule has 1 fully saturated rings. The van der Waals surface area contributed by atoms with Gasteiger partial charge in [0.15, 0.2) is 0 Å². The lowest BCUT2D eigenvalue weighted by Crippen LogP contribution is -2.20.